The molecule has 0 bridgehead atoms. The van der Waals surface area contributed by atoms with Gasteiger partial charge in [-0.3, -0.25) is 4.79 Å². The normalized spacial score (nSPS) is 10.9. The zero-order chi connectivity index (χ0) is 20.5. The first-order chi connectivity index (χ1) is 14.0. The quantitative estimate of drug-likeness (QED) is 0.411. The molecule has 1 amide bonds. The van der Waals surface area contributed by atoms with Gasteiger partial charge in [0.05, 0.1) is 12.7 Å². The summed E-state index contributed by atoms with van der Waals surface area (Å²) in [6, 6.07) is 15.7. The molecule has 3 aromatic carbocycles. The zero-order valence-corrected chi connectivity index (χ0v) is 17.1. The summed E-state index contributed by atoms with van der Waals surface area (Å²) in [5.41, 5.74) is 3.88. The molecule has 1 N–H and O–H groups in total. The number of aromatic nitrogens is 1. The van der Waals surface area contributed by atoms with Crippen LogP contribution in [0.4, 0.5) is 5.69 Å². The largest absolute Gasteiger partial charge is 0.496 e. The van der Waals surface area contributed by atoms with Crippen molar-refractivity contribution in [3.8, 4) is 17.2 Å². The maximum Gasteiger partial charge on any atom is 0.259 e. The van der Waals surface area contributed by atoms with Gasteiger partial charge in [-0.25, -0.2) is 4.98 Å². The van der Waals surface area contributed by atoms with Crippen molar-refractivity contribution >= 4 is 45.9 Å². The first-order valence-corrected chi connectivity index (χ1v) is 9.53. The highest BCUT2D eigenvalue weighted by Crippen LogP contribution is 2.32. The SMILES string of the molecule is COc1ccc(Cl)cc1C(=O)Nc1cccc(-c2nc3cc(Cl)ccc3o2)c1C. The Morgan fingerprint density at radius 3 is 2.62 bits per heavy atom. The molecule has 0 aliphatic heterocycles. The van der Waals surface area contributed by atoms with Crippen molar-refractivity contribution < 1.29 is 13.9 Å². The molecule has 0 spiro atoms. The Morgan fingerprint density at radius 2 is 1.83 bits per heavy atom. The topological polar surface area (TPSA) is 64.4 Å². The lowest BCUT2D eigenvalue weighted by Gasteiger charge is -2.13. The predicted octanol–water partition coefficient (Wildman–Crippen LogP) is 6.37. The van der Waals surface area contributed by atoms with Gasteiger partial charge in [0, 0.05) is 21.3 Å². The molecule has 0 aliphatic rings. The van der Waals surface area contributed by atoms with Crippen LogP contribution in [0, 0.1) is 6.92 Å². The molecule has 7 heteroatoms. The number of oxazole rings is 1. The number of carbonyl (C=O) groups excluding carboxylic acids is 1. The van der Waals surface area contributed by atoms with Gasteiger partial charge in [0.2, 0.25) is 5.89 Å². The summed E-state index contributed by atoms with van der Waals surface area (Å²) in [5, 5.41) is 3.95. The molecule has 4 rings (SSSR count). The van der Waals surface area contributed by atoms with Crippen LogP contribution in [0.25, 0.3) is 22.6 Å². The van der Waals surface area contributed by atoms with E-state index in [-0.39, 0.29) is 5.91 Å². The Kier molecular flexibility index (Phi) is 5.18. The highest BCUT2D eigenvalue weighted by molar-refractivity contribution is 6.31. The maximum absolute atomic E-state index is 12.8. The first kappa shape index (κ1) is 19.3. The van der Waals surface area contributed by atoms with E-state index in [4.69, 9.17) is 32.4 Å². The molecular weight excluding hydrogens is 411 g/mol. The van der Waals surface area contributed by atoms with E-state index in [0.29, 0.717) is 44.0 Å². The van der Waals surface area contributed by atoms with Crippen molar-refractivity contribution in [3.05, 3.63) is 75.8 Å². The monoisotopic (exact) mass is 426 g/mol. The Labute approximate surface area is 177 Å². The highest BCUT2D eigenvalue weighted by Gasteiger charge is 2.17. The number of rotatable bonds is 4. The lowest BCUT2D eigenvalue weighted by molar-refractivity contribution is 0.102. The fourth-order valence-corrected chi connectivity index (χ4v) is 3.40. The molecule has 0 saturated carbocycles. The fraction of sp³-hybridized carbons (Fsp3) is 0.0909. The van der Waals surface area contributed by atoms with Crippen molar-refractivity contribution in [2.24, 2.45) is 0 Å². The van der Waals surface area contributed by atoms with Crippen molar-refractivity contribution in [1.29, 1.82) is 0 Å². The Hall–Kier alpha value is -3.02. The molecule has 29 heavy (non-hydrogen) atoms. The smallest absolute Gasteiger partial charge is 0.259 e. The third-order valence-electron chi connectivity index (χ3n) is 4.57. The first-order valence-electron chi connectivity index (χ1n) is 8.77. The Bertz CT molecular complexity index is 1230. The lowest BCUT2D eigenvalue weighted by Crippen LogP contribution is -2.14. The van der Waals surface area contributed by atoms with Crippen LogP contribution in [0.5, 0.6) is 5.75 Å². The van der Waals surface area contributed by atoms with Gasteiger partial charge in [-0.2, -0.15) is 0 Å². The third-order valence-corrected chi connectivity index (χ3v) is 5.04. The van der Waals surface area contributed by atoms with Crippen molar-refractivity contribution in [3.63, 3.8) is 0 Å². The summed E-state index contributed by atoms with van der Waals surface area (Å²) in [7, 11) is 1.51. The van der Waals surface area contributed by atoms with Gasteiger partial charge in [0.1, 0.15) is 11.3 Å². The molecule has 146 valence electrons. The van der Waals surface area contributed by atoms with E-state index in [1.807, 2.05) is 25.1 Å². The molecule has 1 heterocycles. The average Bonchev–Trinajstić information content (AvgIpc) is 3.12. The maximum atomic E-state index is 12.8. The molecule has 0 aliphatic carbocycles. The summed E-state index contributed by atoms with van der Waals surface area (Å²) < 4.78 is 11.1. The number of nitrogens with zero attached hydrogens (tertiary/aromatic N) is 1. The molecular formula is C22H16Cl2N2O3. The van der Waals surface area contributed by atoms with Gasteiger partial charge < -0.3 is 14.5 Å². The third kappa shape index (κ3) is 3.79. The van der Waals surface area contributed by atoms with E-state index in [9.17, 15) is 4.79 Å². The number of methoxy groups -OCH3 is 1. The minimum atomic E-state index is -0.325. The summed E-state index contributed by atoms with van der Waals surface area (Å²) >= 11 is 12.1. The number of halogens is 2. The number of amides is 1. The van der Waals surface area contributed by atoms with Crippen molar-refractivity contribution in [2.45, 2.75) is 6.92 Å². The predicted molar refractivity (Wildman–Crippen MR) is 115 cm³/mol. The van der Waals surface area contributed by atoms with Crippen LogP contribution in [0.2, 0.25) is 10.0 Å². The minimum absolute atomic E-state index is 0.325. The number of hydrogen-bond acceptors (Lipinski definition) is 4. The number of carbonyl (C=O) groups is 1. The molecule has 5 nitrogen and oxygen atoms in total. The summed E-state index contributed by atoms with van der Waals surface area (Å²) in [5.74, 6) is 0.571. The van der Waals surface area contributed by atoms with E-state index in [2.05, 4.69) is 10.3 Å². The van der Waals surface area contributed by atoms with Crippen LogP contribution in [-0.4, -0.2) is 18.0 Å². The second kappa shape index (κ2) is 7.78. The van der Waals surface area contributed by atoms with E-state index in [0.717, 1.165) is 11.1 Å². The standard InChI is InChI=1S/C22H16Cl2N2O3/c1-12-15(22-26-18-11-14(24)7-9-20(18)29-22)4-3-5-17(12)25-21(27)16-10-13(23)6-8-19(16)28-2/h3-11H,1-2H3,(H,25,27). The molecule has 0 fully saturated rings. The average molecular weight is 427 g/mol. The molecule has 0 unspecified atom stereocenters. The summed E-state index contributed by atoms with van der Waals surface area (Å²) in [6.45, 7) is 1.89. The van der Waals surface area contributed by atoms with Crippen molar-refractivity contribution in [1.82, 2.24) is 4.98 Å². The summed E-state index contributed by atoms with van der Waals surface area (Å²) in [4.78, 5) is 17.3. The van der Waals surface area contributed by atoms with E-state index in [1.54, 1.807) is 36.4 Å². The molecule has 4 aromatic rings. The van der Waals surface area contributed by atoms with Crippen molar-refractivity contribution in [2.75, 3.05) is 12.4 Å². The van der Waals surface area contributed by atoms with Gasteiger partial charge in [0.25, 0.3) is 5.91 Å². The number of hydrogen-bond donors (Lipinski definition) is 1. The van der Waals surface area contributed by atoms with Crippen LogP contribution >= 0.6 is 23.2 Å². The van der Waals surface area contributed by atoms with Gasteiger partial charge in [0.15, 0.2) is 5.58 Å². The highest BCUT2D eigenvalue weighted by atomic mass is 35.5. The van der Waals surface area contributed by atoms with E-state index < -0.39 is 0 Å². The van der Waals surface area contributed by atoms with Crippen LogP contribution in [0.15, 0.2) is 59.0 Å². The van der Waals surface area contributed by atoms with E-state index >= 15 is 0 Å². The molecule has 0 radical (unpaired) electrons. The number of fused-ring (bicyclic) bond motifs is 1. The van der Waals surface area contributed by atoms with Crippen LogP contribution < -0.4 is 10.1 Å². The minimum Gasteiger partial charge on any atom is -0.496 e. The number of benzene rings is 3. The zero-order valence-electron chi connectivity index (χ0n) is 15.6. The Morgan fingerprint density at radius 1 is 1.07 bits per heavy atom. The fourth-order valence-electron chi connectivity index (χ4n) is 3.07. The second-order valence-electron chi connectivity index (χ2n) is 6.41. The lowest BCUT2D eigenvalue weighted by atomic mass is 10.1. The number of ether oxygens (including phenoxy) is 1. The molecule has 0 atom stereocenters. The van der Waals surface area contributed by atoms with Crippen LogP contribution in [-0.2, 0) is 0 Å². The number of nitrogens with one attached hydrogen (secondary N) is 1. The number of anilines is 1. The van der Waals surface area contributed by atoms with Gasteiger partial charge in [-0.1, -0.05) is 29.3 Å². The van der Waals surface area contributed by atoms with E-state index in [1.165, 1.54) is 7.11 Å². The van der Waals surface area contributed by atoms with Gasteiger partial charge in [-0.15, -0.1) is 0 Å². The molecule has 1 aromatic heterocycles. The van der Waals surface area contributed by atoms with Gasteiger partial charge in [-0.05, 0) is 61.0 Å². The van der Waals surface area contributed by atoms with Crippen LogP contribution in [0.3, 0.4) is 0 Å². The Balaban J connectivity index is 1.69. The van der Waals surface area contributed by atoms with Crippen LogP contribution in [0.1, 0.15) is 15.9 Å². The van der Waals surface area contributed by atoms with Gasteiger partial charge >= 0.3 is 0 Å². The summed E-state index contributed by atoms with van der Waals surface area (Å²) in [6.07, 6.45) is 0. The second-order valence-corrected chi connectivity index (χ2v) is 7.28. The molecule has 0 saturated heterocycles.